The Kier molecular flexibility index (Phi) is 7.41. The fourth-order valence-electron chi connectivity index (χ4n) is 4.50. The lowest BCUT2D eigenvalue weighted by molar-refractivity contribution is 0.0535. The van der Waals surface area contributed by atoms with Gasteiger partial charge in [0, 0.05) is 49.6 Å². The molecule has 1 aromatic heterocycles. The van der Waals surface area contributed by atoms with Crippen LogP contribution in [0, 0.1) is 18.3 Å². The van der Waals surface area contributed by atoms with E-state index in [1.54, 1.807) is 12.3 Å². The van der Waals surface area contributed by atoms with Crippen LogP contribution in [0.4, 0.5) is 5.82 Å². The second-order valence-corrected chi connectivity index (χ2v) is 8.53. The number of aliphatic imine (C=N–C) groups is 1. The van der Waals surface area contributed by atoms with Crippen LogP contribution >= 0.6 is 0 Å². The van der Waals surface area contributed by atoms with E-state index < -0.39 is 0 Å². The standard InChI is InChI=1S/C25H28N6O4/c1-15-19(3-4-20-21(15)14-35-25(20)33)22-12-31(11-18(13-32)30-22)10-16(6-26)8-28-24-5-23(34-2)17(7-27)9-29-24/h3-6,8-9,18,22,30,32H,10-14,26H2,1-2H3. The first kappa shape index (κ1) is 24.3. The Hall–Kier alpha value is -3.78. The number of hydrogen-bond acceptors (Lipinski definition) is 10. The third-order valence-corrected chi connectivity index (χ3v) is 6.33. The number of aliphatic hydroxyl groups is 1. The van der Waals surface area contributed by atoms with E-state index in [0.29, 0.717) is 48.9 Å². The van der Waals surface area contributed by atoms with Gasteiger partial charge in [0.05, 0.1) is 25.5 Å². The summed E-state index contributed by atoms with van der Waals surface area (Å²) in [6, 6.07) is 7.23. The molecule has 4 rings (SSSR count). The SMILES string of the molecule is COc1cc(N=CC(=CN)CN2CC(CO)NC(c3ccc4c(c3C)COC4=O)C2)ncc1C#N. The largest absolute Gasteiger partial charge is 0.495 e. The molecule has 2 atom stereocenters. The maximum Gasteiger partial charge on any atom is 0.338 e. The molecule has 2 aromatic rings. The topological polar surface area (TPSA) is 146 Å². The lowest BCUT2D eigenvalue weighted by atomic mass is 9.92. The summed E-state index contributed by atoms with van der Waals surface area (Å²) in [6.45, 7) is 4.11. The number of fused-ring (bicyclic) bond motifs is 1. The van der Waals surface area contributed by atoms with Crippen molar-refractivity contribution in [3.63, 3.8) is 0 Å². The maximum absolute atomic E-state index is 11.9. The highest BCUT2D eigenvalue weighted by atomic mass is 16.5. The molecule has 2 unspecified atom stereocenters. The molecular formula is C25H28N6O4. The second-order valence-electron chi connectivity index (χ2n) is 8.53. The predicted octanol–water partition coefficient (Wildman–Crippen LogP) is 1.49. The molecule has 10 nitrogen and oxygen atoms in total. The van der Waals surface area contributed by atoms with Crippen LogP contribution in [0.2, 0.25) is 0 Å². The molecule has 0 spiro atoms. The van der Waals surface area contributed by atoms with E-state index in [1.807, 2.05) is 25.1 Å². The Morgan fingerprint density at radius 1 is 1.49 bits per heavy atom. The summed E-state index contributed by atoms with van der Waals surface area (Å²) in [5.74, 6) is 0.519. The molecule has 0 radical (unpaired) electrons. The first-order valence-electron chi connectivity index (χ1n) is 11.2. The van der Waals surface area contributed by atoms with Gasteiger partial charge < -0.3 is 25.6 Å². The van der Waals surface area contributed by atoms with Gasteiger partial charge in [0.25, 0.3) is 0 Å². The van der Waals surface area contributed by atoms with E-state index in [2.05, 4.69) is 20.2 Å². The van der Waals surface area contributed by atoms with Crippen molar-refractivity contribution in [2.75, 3.05) is 33.4 Å². The van der Waals surface area contributed by atoms with E-state index in [9.17, 15) is 9.90 Å². The fourth-order valence-corrected chi connectivity index (χ4v) is 4.50. The summed E-state index contributed by atoms with van der Waals surface area (Å²) in [6.07, 6.45) is 4.56. The van der Waals surface area contributed by atoms with Gasteiger partial charge in [-0.1, -0.05) is 6.07 Å². The van der Waals surface area contributed by atoms with Crippen LogP contribution in [-0.4, -0.2) is 66.6 Å². The normalized spacial score (nSPS) is 20.5. The molecule has 0 bridgehead atoms. The summed E-state index contributed by atoms with van der Waals surface area (Å²) >= 11 is 0. The molecule has 0 aliphatic carbocycles. The molecule has 2 aliphatic heterocycles. The molecule has 0 saturated carbocycles. The number of nitrogens with two attached hydrogens (primary N) is 1. The number of aromatic nitrogens is 1. The van der Waals surface area contributed by atoms with Crippen molar-refractivity contribution in [2.45, 2.75) is 25.6 Å². The average Bonchev–Trinajstić information content (AvgIpc) is 3.27. The number of hydrogen-bond donors (Lipinski definition) is 3. The Morgan fingerprint density at radius 2 is 2.31 bits per heavy atom. The van der Waals surface area contributed by atoms with Crippen molar-refractivity contribution < 1.29 is 19.4 Å². The van der Waals surface area contributed by atoms with Gasteiger partial charge in [-0.05, 0) is 35.9 Å². The highest BCUT2D eigenvalue weighted by Gasteiger charge is 2.31. The van der Waals surface area contributed by atoms with Crippen LogP contribution in [0.25, 0.3) is 0 Å². The number of pyridine rings is 1. The molecule has 182 valence electrons. The maximum atomic E-state index is 11.9. The highest BCUT2D eigenvalue weighted by molar-refractivity contribution is 5.94. The first-order chi connectivity index (χ1) is 17.0. The highest BCUT2D eigenvalue weighted by Crippen LogP contribution is 2.31. The van der Waals surface area contributed by atoms with Gasteiger partial charge in [-0.3, -0.25) is 4.90 Å². The van der Waals surface area contributed by atoms with Gasteiger partial charge in [0.15, 0.2) is 5.82 Å². The molecule has 0 amide bonds. The minimum atomic E-state index is -0.285. The van der Waals surface area contributed by atoms with Crippen molar-refractivity contribution in [1.82, 2.24) is 15.2 Å². The number of rotatable bonds is 7. The number of benzene rings is 1. The van der Waals surface area contributed by atoms with Crippen molar-refractivity contribution >= 4 is 18.0 Å². The number of methoxy groups -OCH3 is 1. The molecule has 4 N–H and O–H groups in total. The zero-order chi connectivity index (χ0) is 24.9. The molecule has 1 aromatic carbocycles. The third-order valence-electron chi connectivity index (χ3n) is 6.33. The zero-order valence-corrected chi connectivity index (χ0v) is 19.7. The molecule has 1 saturated heterocycles. The summed E-state index contributed by atoms with van der Waals surface area (Å²) in [4.78, 5) is 22.7. The Labute approximate surface area is 203 Å². The van der Waals surface area contributed by atoms with Crippen LogP contribution < -0.4 is 15.8 Å². The minimum absolute atomic E-state index is 0.0106. The molecular weight excluding hydrogens is 448 g/mol. The summed E-state index contributed by atoms with van der Waals surface area (Å²) in [7, 11) is 1.49. The van der Waals surface area contributed by atoms with Crippen LogP contribution in [0.5, 0.6) is 5.75 Å². The Balaban J connectivity index is 1.50. The van der Waals surface area contributed by atoms with E-state index in [-0.39, 0.29) is 24.7 Å². The number of cyclic esters (lactones) is 1. The average molecular weight is 477 g/mol. The Morgan fingerprint density at radius 3 is 3.03 bits per heavy atom. The van der Waals surface area contributed by atoms with E-state index in [4.69, 9.17) is 20.5 Å². The summed E-state index contributed by atoms with van der Waals surface area (Å²) < 4.78 is 10.4. The van der Waals surface area contributed by atoms with Gasteiger partial charge in [0.2, 0.25) is 0 Å². The monoisotopic (exact) mass is 476 g/mol. The quantitative estimate of drug-likeness (QED) is 0.399. The minimum Gasteiger partial charge on any atom is -0.495 e. The van der Waals surface area contributed by atoms with Crippen LogP contribution in [0.1, 0.15) is 38.7 Å². The fraction of sp³-hybridized carbons (Fsp3) is 0.360. The summed E-state index contributed by atoms with van der Waals surface area (Å²) in [5.41, 5.74) is 10.6. The van der Waals surface area contributed by atoms with Gasteiger partial charge in [-0.25, -0.2) is 14.8 Å². The number of nitriles is 1. The lowest BCUT2D eigenvalue weighted by Gasteiger charge is -2.39. The number of carbonyl (C=O) groups is 1. The predicted molar refractivity (Wildman–Crippen MR) is 129 cm³/mol. The van der Waals surface area contributed by atoms with Gasteiger partial charge in [-0.15, -0.1) is 0 Å². The van der Waals surface area contributed by atoms with Crippen LogP contribution in [-0.2, 0) is 11.3 Å². The number of aliphatic hydroxyl groups excluding tert-OH is 1. The summed E-state index contributed by atoms with van der Waals surface area (Å²) in [5, 5.41) is 22.5. The van der Waals surface area contributed by atoms with E-state index in [0.717, 1.165) is 22.3 Å². The Bertz CT molecular complexity index is 1220. The van der Waals surface area contributed by atoms with E-state index in [1.165, 1.54) is 19.5 Å². The number of nitrogens with one attached hydrogen (secondary N) is 1. The number of ether oxygens (including phenoxy) is 2. The zero-order valence-electron chi connectivity index (χ0n) is 19.7. The molecule has 3 heterocycles. The molecule has 1 fully saturated rings. The van der Waals surface area contributed by atoms with Crippen molar-refractivity contribution in [3.05, 3.63) is 64.0 Å². The first-order valence-corrected chi connectivity index (χ1v) is 11.2. The molecule has 2 aliphatic rings. The van der Waals surface area contributed by atoms with Crippen molar-refractivity contribution in [2.24, 2.45) is 10.7 Å². The number of carbonyl (C=O) groups excluding carboxylic acids is 1. The molecule has 35 heavy (non-hydrogen) atoms. The van der Waals surface area contributed by atoms with Gasteiger partial charge in [0.1, 0.15) is 24.0 Å². The second kappa shape index (κ2) is 10.7. The van der Waals surface area contributed by atoms with Gasteiger partial charge in [-0.2, -0.15) is 5.26 Å². The van der Waals surface area contributed by atoms with Crippen LogP contribution in [0.15, 0.2) is 41.2 Å². The number of esters is 1. The van der Waals surface area contributed by atoms with Crippen molar-refractivity contribution in [1.29, 1.82) is 5.26 Å². The third kappa shape index (κ3) is 5.17. The smallest absolute Gasteiger partial charge is 0.338 e. The number of piperazine rings is 1. The lowest BCUT2D eigenvalue weighted by Crippen LogP contribution is -2.54. The van der Waals surface area contributed by atoms with Crippen molar-refractivity contribution in [3.8, 4) is 11.8 Å². The molecule has 10 heteroatoms. The van der Waals surface area contributed by atoms with E-state index >= 15 is 0 Å². The van der Waals surface area contributed by atoms with Crippen LogP contribution in [0.3, 0.4) is 0 Å². The number of nitrogens with zero attached hydrogens (tertiary/aromatic N) is 4. The van der Waals surface area contributed by atoms with Gasteiger partial charge >= 0.3 is 5.97 Å².